The van der Waals surface area contributed by atoms with Gasteiger partial charge in [-0.2, -0.15) is 0 Å². The van der Waals surface area contributed by atoms with Crippen molar-refractivity contribution in [3.8, 4) is 0 Å². The second-order valence-electron chi connectivity index (χ2n) is 4.66. The Morgan fingerprint density at radius 3 is 2.53 bits per heavy atom. The molecule has 5 nitrogen and oxygen atoms in total. The van der Waals surface area contributed by atoms with Crippen molar-refractivity contribution in [2.75, 3.05) is 24.2 Å². The van der Waals surface area contributed by atoms with E-state index < -0.39 is 0 Å². The smallest absolute Gasteiger partial charge is 0.228 e. The summed E-state index contributed by atoms with van der Waals surface area (Å²) >= 11 is 0. The molecule has 104 valence electrons. The van der Waals surface area contributed by atoms with Crippen molar-refractivity contribution in [3.05, 3.63) is 23.8 Å². The van der Waals surface area contributed by atoms with E-state index >= 15 is 0 Å². The monoisotopic (exact) mass is 263 g/mol. The van der Waals surface area contributed by atoms with Gasteiger partial charge in [-0.3, -0.25) is 9.59 Å². The SMILES string of the molecule is CNCC(C)C(=O)Nc1cc(NC(C)=O)ccc1C. The molecule has 0 fully saturated rings. The van der Waals surface area contributed by atoms with Crippen LogP contribution in [0, 0.1) is 12.8 Å². The van der Waals surface area contributed by atoms with Crippen molar-refractivity contribution in [2.24, 2.45) is 5.92 Å². The largest absolute Gasteiger partial charge is 0.326 e. The predicted molar refractivity (Wildman–Crippen MR) is 77.2 cm³/mol. The zero-order chi connectivity index (χ0) is 14.4. The minimum absolute atomic E-state index is 0.0441. The molecule has 1 aromatic carbocycles. The van der Waals surface area contributed by atoms with Crippen LogP contribution in [0.15, 0.2) is 18.2 Å². The summed E-state index contributed by atoms with van der Waals surface area (Å²) in [7, 11) is 1.81. The quantitative estimate of drug-likeness (QED) is 0.758. The van der Waals surface area contributed by atoms with E-state index in [-0.39, 0.29) is 17.7 Å². The molecule has 1 atom stereocenters. The summed E-state index contributed by atoms with van der Waals surface area (Å²) in [5.74, 6) is -0.295. The van der Waals surface area contributed by atoms with E-state index in [9.17, 15) is 9.59 Å². The van der Waals surface area contributed by atoms with Crippen LogP contribution in [-0.4, -0.2) is 25.4 Å². The fourth-order valence-electron chi connectivity index (χ4n) is 1.69. The van der Waals surface area contributed by atoms with Crippen LogP contribution in [0.4, 0.5) is 11.4 Å². The van der Waals surface area contributed by atoms with E-state index in [1.807, 2.05) is 33.0 Å². The summed E-state index contributed by atoms with van der Waals surface area (Å²) in [4.78, 5) is 23.0. The van der Waals surface area contributed by atoms with Crippen LogP contribution in [0.1, 0.15) is 19.4 Å². The number of nitrogens with one attached hydrogen (secondary N) is 3. The molecule has 0 aromatic heterocycles. The zero-order valence-electron chi connectivity index (χ0n) is 11.8. The lowest BCUT2D eigenvalue weighted by atomic mass is 10.1. The number of rotatable bonds is 5. The minimum Gasteiger partial charge on any atom is -0.326 e. The summed E-state index contributed by atoms with van der Waals surface area (Å²) < 4.78 is 0. The van der Waals surface area contributed by atoms with E-state index in [1.165, 1.54) is 6.92 Å². The maximum Gasteiger partial charge on any atom is 0.228 e. The van der Waals surface area contributed by atoms with Crippen LogP contribution in [0.25, 0.3) is 0 Å². The van der Waals surface area contributed by atoms with Gasteiger partial charge in [0.1, 0.15) is 0 Å². The molecule has 5 heteroatoms. The Hall–Kier alpha value is -1.88. The molecule has 1 unspecified atom stereocenters. The van der Waals surface area contributed by atoms with Crippen molar-refractivity contribution < 1.29 is 9.59 Å². The van der Waals surface area contributed by atoms with Crippen LogP contribution in [0.5, 0.6) is 0 Å². The third-order valence-electron chi connectivity index (χ3n) is 2.77. The van der Waals surface area contributed by atoms with Gasteiger partial charge in [0.15, 0.2) is 0 Å². The first kappa shape index (κ1) is 15.2. The molecule has 19 heavy (non-hydrogen) atoms. The number of carbonyl (C=O) groups is 2. The molecule has 0 saturated carbocycles. The maximum atomic E-state index is 11.9. The number of hydrogen-bond acceptors (Lipinski definition) is 3. The van der Waals surface area contributed by atoms with Crippen molar-refractivity contribution >= 4 is 23.2 Å². The van der Waals surface area contributed by atoms with Crippen molar-refractivity contribution in [1.82, 2.24) is 5.32 Å². The van der Waals surface area contributed by atoms with Crippen molar-refractivity contribution in [1.29, 1.82) is 0 Å². The molecule has 0 aliphatic rings. The molecule has 1 rings (SSSR count). The molecule has 0 radical (unpaired) electrons. The molecule has 0 bridgehead atoms. The van der Waals surface area contributed by atoms with Gasteiger partial charge in [-0.1, -0.05) is 13.0 Å². The average molecular weight is 263 g/mol. The van der Waals surface area contributed by atoms with Gasteiger partial charge in [0.2, 0.25) is 11.8 Å². The van der Waals surface area contributed by atoms with E-state index in [1.54, 1.807) is 6.07 Å². The Morgan fingerprint density at radius 2 is 1.95 bits per heavy atom. The van der Waals surface area contributed by atoms with E-state index in [2.05, 4.69) is 16.0 Å². The first-order chi connectivity index (χ1) is 8.93. The number of anilines is 2. The number of aryl methyl sites for hydroxylation is 1. The van der Waals surface area contributed by atoms with Gasteiger partial charge in [0.05, 0.1) is 0 Å². The summed E-state index contributed by atoms with van der Waals surface area (Å²) in [6, 6.07) is 5.44. The zero-order valence-corrected chi connectivity index (χ0v) is 11.8. The molecule has 3 N–H and O–H groups in total. The fourth-order valence-corrected chi connectivity index (χ4v) is 1.69. The molecule has 0 aliphatic carbocycles. The number of benzene rings is 1. The Kier molecular flexibility index (Phi) is 5.51. The molecule has 0 aliphatic heterocycles. The highest BCUT2D eigenvalue weighted by Gasteiger charge is 2.13. The third kappa shape index (κ3) is 4.71. The summed E-state index contributed by atoms with van der Waals surface area (Å²) in [6.45, 7) is 5.85. The molecule has 0 saturated heterocycles. The second-order valence-corrected chi connectivity index (χ2v) is 4.66. The van der Waals surface area contributed by atoms with Crippen LogP contribution in [-0.2, 0) is 9.59 Å². The van der Waals surface area contributed by atoms with Gasteiger partial charge in [-0.15, -0.1) is 0 Å². The van der Waals surface area contributed by atoms with Gasteiger partial charge in [0.25, 0.3) is 0 Å². The first-order valence-electron chi connectivity index (χ1n) is 6.27. The molecule has 2 amide bonds. The topological polar surface area (TPSA) is 70.2 Å². The lowest BCUT2D eigenvalue weighted by molar-refractivity contribution is -0.119. The first-order valence-corrected chi connectivity index (χ1v) is 6.27. The highest BCUT2D eigenvalue weighted by molar-refractivity contribution is 5.95. The third-order valence-corrected chi connectivity index (χ3v) is 2.77. The summed E-state index contributed by atoms with van der Waals surface area (Å²) in [5, 5.41) is 8.54. The standard InChI is InChI=1S/C14H21N3O2/c1-9-5-6-12(16-11(3)18)7-13(9)17-14(19)10(2)8-15-4/h5-7,10,15H,8H2,1-4H3,(H,16,18)(H,17,19). The Balaban J connectivity index is 2.82. The van der Waals surface area contributed by atoms with Gasteiger partial charge in [-0.05, 0) is 31.7 Å². The highest BCUT2D eigenvalue weighted by atomic mass is 16.2. The predicted octanol–water partition coefficient (Wildman–Crippen LogP) is 1.75. The maximum absolute atomic E-state index is 11.9. The molecule has 0 spiro atoms. The minimum atomic E-state index is -0.135. The number of hydrogen-bond donors (Lipinski definition) is 3. The van der Waals surface area contributed by atoms with Gasteiger partial charge in [0, 0.05) is 30.8 Å². The Bertz CT molecular complexity index is 472. The van der Waals surface area contributed by atoms with Crippen molar-refractivity contribution in [3.63, 3.8) is 0 Å². The van der Waals surface area contributed by atoms with Crippen LogP contribution >= 0.6 is 0 Å². The second kappa shape index (κ2) is 6.89. The van der Waals surface area contributed by atoms with Crippen molar-refractivity contribution in [2.45, 2.75) is 20.8 Å². The molecule has 0 heterocycles. The number of carbonyl (C=O) groups excluding carboxylic acids is 2. The number of amides is 2. The normalized spacial score (nSPS) is 11.8. The van der Waals surface area contributed by atoms with Crippen LogP contribution in [0.2, 0.25) is 0 Å². The fraction of sp³-hybridized carbons (Fsp3) is 0.429. The van der Waals surface area contributed by atoms with Crippen LogP contribution < -0.4 is 16.0 Å². The highest BCUT2D eigenvalue weighted by Crippen LogP contribution is 2.20. The molecular weight excluding hydrogens is 242 g/mol. The summed E-state index contributed by atoms with van der Waals surface area (Å²) in [6.07, 6.45) is 0. The van der Waals surface area contributed by atoms with Gasteiger partial charge < -0.3 is 16.0 Å². The van der Waals surface area contributed by atoms with Gasteiger partial charge >= 0.3 is 0 Å². The summed E-state index contributed by atoms with van der Waals surface area (Å²) in [5.41, 5.74) is 2.35. The Labute approximate surface area is 113 Å². The van der Waals surface area contributed by atoms with E-state index in [0.29, 0.717) is 12.2 Å². The van der Waals surface area contributed by atoms with Crippen LogP contribution in [0.3, 0.4) is 0 Å². The lowest BCUT2D eigenvalue weighted by Crippen LogP contribution is -2.28. The average Bonchev–Trinajstić information content (AvgIpc) is 2.33. The Morgan fingerprint density at radius 1 is 1.26 bits per heavy atom. The van der Waals surface area contributed by atoms with Gasteiger partial charge in [-0.25, -0.2) is 0 Å². The van der Waals surface area contributed by atoms with E-state index in [0.717, 1.165) is 11.3 Å². The lowest BCUT2D eigenvalue weighted by Gasteiger charge is -2.14. The molecular formula is C14H21N3O2. The van der Waals surface area contributed by atoms with E-state index in [4.69, 9.17) is 0 Å². The molecule has 1 aromatic rings.